The van der Waals surface area contributed by atoms with E-state index in [1.54, 1.807) is 7.11 Å². The third-order valence-electron chi connectivity index (χ3n) is 3.42. The molecule has 0 aliphatic rings. The van der Waals surface area contributed by atoms with Crippen molar-refractivity contribution in [2.24, 2.45) is 0 Å². The van der Waals surface area contributed by atoms with E-state index >= 15 is 0 Å². The fraction of sp³-hybridized carbons (Fsp3) is 0.667. The van der Waals surface area contributed by atoms with Gasteiger partial charge in [0.25, 0.3) is 0 Å². The number of hydrogen-bond donors (Lipinski definition) is 0. The first-order valence-electron chi connectivity index (χ1n) is 8.19. The molecule has 0 heterocycles. The Hall–Kier alpha value is -1.22. The summed E-state index contributed by atoms with van der Waals surface area (Å²) in [5.41, 5.74) is 1.07. The van der Waals surface area contributed by atoms with Crippen LogP contribution in [0.15, 0.2) is 18.2 Å². The van der Waals surface area contributed by atoms with E-state index in [2.05, 4.69) is 19.9 Å². The predicted molar refractivity (Wildman–Crippen MR) is 87.2 cm³/mol. The van der Waals surface area contributed by atoms with Crippen LogP contribution in [0.1, 0.15) is 57.9 Å². The Morgan fingerprint density at radius 1 is 0.905 bits per heavy atom. The van der Waals surface area contributed by atoms with Crippen LogP contribution in [0.25, 0.3) is 0 Å². The molecule has 1 rings (SSSR count). The van der Waals surface area contributed by atoms with Gasteiger partial charge in [-0.2, -0.15) is 0 Å². The van der Waals surface area contributed by atoms with E-state index in [1.165, 1.54) is 25.7 Å². The molecule has 0 saturated heterocycles. The van der Waals surface area contributed by atoms with E-state index in [9.17, 15) is 0 Å². The molecule has 0 aliphatic heterocycles. The summed E-state index contributed by atoms with van der Waals surface area (Å²) in [5.74, 6) is 1.63. The van der Waals surface area contributed by atoms with Crippen LogP contribution in [0.4, 0.5) is 0 Å². The van der Waals surface area contributed by atoms with Crippen molar-refractivity contribution in [3.8, 4) is 11.5 Å². The molecule has 0 saturated carbocycles. The van der Waals surface area contributed by atoms with Crippen molar-refractivity contribution in [1.29, 1.82) is 0 Å². The lowest BCUT2D eigenvalue weighted by molar-refractivity contribution is 0.114. The van der Waals surface area contributed by atoms with Crippen LogP contribution < -0.4 is 9.47 Å². The van der Waals surface area contributed by atoms with Crippen molar-refractivity contribution >= 4 is 0 Å². The molecule has 21 heavy (non-hydrogen) atoms. The van der Waals surface area contributed by atoms with Gasteiger partial charge in [0.05, 0.1) is 20.3 Å². The molecule has 0 aliphatic carbocycles. The Morgan fingerprint density at radius 3 is 2.29 bits per heavy atom. The minimum atomic E-state index is 0.587. The standard InChI is InChI=1S/C18H30O3/c1-4-6-8-13-20-15-16-11-10-12-17(19-3)18(16)21-14-9-7-5-2/h10-12H,4-9,13-15H2,1-3H3. The van der Waals surface area contributed by atoms with Gasteiger partial charge in [0.1, 0.15) is 0 Å². The molecule has 0 aromatic heterocycles. The SMILES string of the molecule is CCCCCOCc1cccc(OC)c1OCCCCC. The third kappa shape index (κ3) is 6.85. The second-order valence-electron chi connectivity index (χ2n) is 5.26. The molecule has 1 aromatic rings. The van der Waals surface area contributed by atoms with Gasteiger partial charge in [-0.1, -0.05) is 51.7 Å². The van der Waals surface area contributed by atoms with E-state index in [0.29, 0.717) is 6.61 Å². The van der Waals surface area contributed by atoms with Gasteiger partial charge in [0.15, 0.2) is 11.5 Å². The molecule has 0 atom stereocenters. The van der Waals surface area contributed by atoms with Crippen molar-refractivity contribution < 1.29 is 14.2 Å². The second kappa shape index (κ2) is 11.4. The summed E-state index contributed by atoms with van der Waals surface area (Å²) in [7, 11) is 1.68. The first kappa shape index (κ1) is 17.8. The zero-order valence-corrected chi connectivity index (χ0v) is 13.8. The fourth-order valence-corrected chi connectivity index (χ4v) is 2.16. The summed E-state index contributed by atoms with van der Waals surface area (Å²) in [6.45, 7) is 6.52. The quantitative estimate of drug-likeness (QED) is 0.509. The summed E-state index contributed by atoms with van der Waals surface area (Å²) < 4.78 is 17.1. The molecule has 120 valence electrons. The average molecular weight is 294 g/mol. The van der Waals surface area contributed by atoms with Crippen LogP contribution >= 0.6 is 0 Å². The number of rotatable bonds is 12. The zero-order chi connectivity index (χ0) is 15.3. The molecule has 0 N–H and O–H groups in total. The number of hydrogen-bond acceptors (Lipinski definition) is 3. The first-order chi connectivity index (χ1) is 10.3. The van der Waals surface area contributed by atoms with Gasteiger partial charge in [-0.05, 0) is 18.9 Å². The Morgan fingerprint density at radius 2 is 1.62 bits per heavy atom. The summed E-state index contributed by atoms with van der Waals surface area (Å²) in [5, 5.41) is 0. The van der Waals surface area contributed by atoms with Gasteiger partial charge >= 0.3 is 0 Å². The van der Waals surface area contributed by atoms with Gasteiger partial charge < -0.3 is 14.2 Å². The Balaban J connectivity index is 2.55. The van der Waals surface area contributed by atoms with Crippen LogP contribution in [0.3, 0.4) is 0 Å². The van der Waals surface area contributed by atoms with Gasteiger partial charge in [0.2, 0.25) is 0 Å². The van der Waals surface area contributed by atoms with Gasteiger partial charge in [0, 0.05) is 12.2 Å². The highest BCUT2D eigenvalue weighted by atomic mass is 16.5. The normalized spacial score (nSPS) is 10.6. The summed E-state index contributed by atoms with van der Waals surface area (Å²) in [6, 6.07) is 5.98. The molecule has 0 fully saturated rings. The van der Waals surface area contributed by atoms with Crippen LogP contribution in [0.5, 0.6) is 11.5 Å². The van der Waals surface area contributed by atoms with E-state index in [1.807, 2.05) is 12.1 Å². The highest BCUT2D eigenvalue weighted by Crippen LogP contribution is 2.31. The minimum Gasteiger partial charge on any atom is -0.493 e. The molecule has 0 amide bonds. The summed E-state index contributed by atoms with van der Waals surface area (Å²) in [6.07, 6.45) is 7.02. The molecule has 0 unspecified atom stereocenters. The highest BCUT2D eigenvalue weighted by Gasteiger charge is 2.10. The monoisotopic (exact) mass is 294 g/mol. The molecule has 0 spiro atoms. The first-order valence-corrected chi connectivity index (χ1v) is 8.19. The summed E-state index contributed by atoms with van der Waals surface area (Å²) >= 11 is 0. The van der Waals surface area contributed by atoms with Crippen molar-refractivity contribution in [3.63, 3.8) is 0 Å². The molecule has 1 aromatic carbocycles. The largest absolute Gasteiger partial charge is 0.493 e. The molecule has 3 nitrogen and oxygen atoms in total. The Kier molecular flexibility index (Phi) is 9.71. The van der Waals surface area contributed by atoms with Crippen molar-refractivity contribution in [1.82, 2.24) is 0 Å². The second-order valence-corrected chi connectivity index (χ2v) is 5.26. The van der Waals surface area contributed by atoms with E-state index in [4.69, 9.17) is 14.2 Å². The Bertz CT molecular complexity index is 377. The lowest BCUT2D eigenvalue weighted by Crippen LogP contribution is -2.04. The van der Waals surface area contributed by atoms with Gasteiger partial charge in [-0.15, -0.1) is 0 Å². The molecule has 3 heteroatoms. The van der Waals surface area contributed by atoms with Crippen molar-refractivity contribution in [3.05, 3.63) is 23.8 Å². The van der Waals surface area contributed by atoms with Gasteiger partial charge in [-0.3, -0.25) is 0 Å². The maximum atomic E-state index is 5.93. The molecular weight excluding hydrogens is 264 g/mol. The maximum absolute atomic E-state index is 5.93. The van der Waals surface area contributed by atoms with E-state index in [0.717, 1.165) is 43.1 Å². The molecular formula is C18H30O3. The Labute approximate surface area is 129 Å². The predicted octanol–water partition coefficient (Wildman–Crippen LogP) is 4.97. The number of unbranched alkanes of at least 4 members (excludes halogenated alkanes) is 4. The van der Waals surface area contributed by atoms with Crippen LogP contribution in [-0.2, 0) is 11.3 Å². The number of para-hydroxylation sites is 1. The number of benzene rings is 1. The van der Waals surface area contributed by atoms with Gasteiger partial charge in [-0.25, -0.2) is 0 Å². The topological polar surface area (TPSA) is 27.7 Å². The zero-order valence-electron chi connectivity index (χ0n) is 13.8. The average Bonchev–Trinajstić information content (AvgIpc) is 2.52. The van der Waals surface area contributed by atoms with E-state index < -0.39 is 0 Å². The fourth-order valence-electron chi connectivity index (χ4n) is 2.16. The summed E-state index contributed by atoms with van der Waals surface area (Å²) in [4.78, 5) is 0. The van der Waals surface area contributed by atoms with Crippen LogP contribution in [-0.4, -0.2) is 20.3 Å². The number of methoxy groups -OCH3 is 1. The van der Waals surface area contributed by atoms with Crippen LogP contribution in [0.2, 0.25) is 0 Å². The molecule has 0 bridgehead atoms. The minimum absolute atomic E-state index is 0.587. The molecule has 0 radical (unpaired) electrons. The van der Waals surface area contributed by atoms with E-state index in [-0.39, 0.29) is 0 Å². The lowest BCUT2D eigenvalue weighted by Gasteiger charge is -2.15. The lowest BCUT2D eigenvalue weighted by atomic mass is 10.2. The highest BCUT2D eigenvalue weighted by molar-refractivity contribution is 5.46. The smallest absolute Gasteiger partial charge is 0.166 e. The van der Waals surface area contributed by atoms with Crippen molar-refractivity contribution in [2.75, 3.05) is 20.3 Å². The van der Waals surface area contributed by atoms with Crippen molar-refractivity contribution in [2.45, 2.75) is 59.0 Å². The van der Waals surface area contributed by atoms with Crippen LogP contribution in [0, 0.1) is 0 Å². The number of ether oxygens (including phenoxy) is 3. The maximum Gasteiger partial charge on any atom is 0.166 e. The third-order valence-corrected chi connectivity index (χ3v) is 3.42.